The number of thiophene rings is 1. The fraction of sp³-hybridized carbons (Fsp3) is 0.429. The number of nitrogens with one attached hydrogen (secondary N) is 2. The minimum atomic E-state index is -3.09. The van der Waals surface area contributed by atoms with Gasteiger partial charge in [0.25, 0.3) is 11.8 Å². The molecule has 2 aromatic rings. The molecular formula is C21H24N2O5S2. The molecule has 7 nitrogen and oxygen atoms in total. The monoisotopic (exact) mass is 448 g/mol. The summed E-state index contributed by atoms with van der Waals surface area (Å²) in [4.78, 5) is 26.6. The van der Waals surface area contributed by atoms with Gasteiger partial charge in [-0.2, -0.15) is 0 Å². The Hall–Kier alpha value is -2.39. The maximum absolute atomic E-state index is 13.0. The molecule has 2 aliphatic rings. The van der Waals surface area contributed by atoms with Crippen LogP contribution < -0.4 is 15.4 Å². The van der Waals surface area contributed by atoms with Crippen molar-refractivity contribution in [3.63, 3.8) is 0 Å². The molecule has 2 heterocycles. The van der Waals surface area contributed by atoms with Crippen molar-refractivity contribution in [1.29, 1.82) is 0 Å². The van der Waals surface area contributed by atoms with Gasteiger partial charge in [-0.15, -0.1) is 11.3 Å². The van der Waals surface area contributed by atoms with E-state index in [1.54, 1.807) is 12.1 Å². The molecule has 0 bridgehead atoms. The van der Waals surface area contributed by atoms with Crippen molar-refractivity contribution in [2.75, 3.05) is 23.4 Å². The molecule has 4 rings (SSSR count). The van der Waals surface area contributed by atoms with E-state index in [-0.39, 0.29) is 36.0 Å². The number of aryl methyl sites for hydroxylation is 1. The summed E-state index contributed by atoms with van der Waals surface area (Å²) in [5, 5.41) is 6.22. The number of benzene rings is 1. The van der Waals surface area contributed by atoms with E-state index >= 15 is 0 Å². The van der Waals surface area contributed by atoms with Gasteiger partial charge in [0.1, 0.15) is 10.8 Å². The van der Waals surface area contributed by atoms with E-state index in [0.29, 0.717) is 22.7 Å². The highest BCUT2D eigenvalue weighted by Gasteiger charge is 2.32. The summed E-state index contributed by atoms with van der Waals surface area (Å²) in [6.07, 6.45) is 4.14. The van der Waals surface area contributed by atoms with Crippen molar-refractivity contribution < 1.29 is 22.7 Å². The molecular weight excluding hydrogens is 424 g/mol. The minimum Gasteiger partial charge on any atom is -0.484 e. The Morgan fingerprint density at radius 1 is 1.13 bits per heavy atom. The van der Waals surface area contributed by atoms with E-state index in [2.05, 4.69) is 10.6 Å². The molecule has 160 valence electrons. The molecule has 1 aliphatic carbocycles. The lowest BCUT2D eigenvalue weighted by Crippen LogP contribution is -2.36. The van der Waals surface area contributed by atoms with E-state index in [4.69, 9.17) is 4.74 Å². The number of hydrogen-bond donors (Lipinski definition) is 2. The number of anilines is 1. The molecule has 0 unspecified atom stereocenters. The van der Waals surface area contributed by atoms with Crippen LogP contribution in [0.15, 0.2) is 30.3 Å². The van der Waals surface area contributed by atoms with Crippen LogP contribution in [0.1, 0.15) is 40.1 Å². The summed E-state index contributed by atoms with van der Waals surface area (Å²) in [6.45, 7) is -0.158. The molecule has 2 amide bonds. The molecule has 1 aromatic heterocycles. The Balaban J connectivity index is 1.49. The standard InChI is InChI=1S/C21H24N2O5S2/c24-18(12-28-15-6-2-1-3-7-15)23-21-19(16-8-4-5-9-17(16)29-21)20(25)22-14-10-11-30(26,27)13-14/h1-3,6-7,14H,4-5,8-13H2,(H,22,25)(H,23,24)/t14-/m0/s1. The van der Waals surface area contributed by atoms with Crippen LogP contribution in [0, 0.1) is 0 Å². The summed E-state index contributed by atoms with van der Waals surface area (Å²) < 4.78 is 28.9. The molecule has 1 atom stereocenters. The molecule has 1 saturated heterocycles. The van der Waals surface area contributed by atoms with Gasteiger partial charge in [-0.05, 0) is 49.8 Å². The summed E-state index contributed by atoms with van der Waals surface area (Å²) in [5.74, 6) is 0.0156. The topological polar surface area (TPSA) is 102 Å². The van der Waals surface area contributed by atoms with E-state index in [1.165, 1.54) is 11.3 Å². The quantitative estimate of drug-likeness (QED) is 0.707. The van der Waals surface area contributed by atoms with Crippen molar-refractivity contribution in [2.45, 2.75) is 38.1 Å². The molecule has 1 aliphatic heterocycles. The average Bonchev–Trinajstić information content (AvgIpc) is 3.25. The van der Waals surface area contributed by atoms with Crippen LogP contribution in [0.2, 0.25) is 0 Å². The Morgan fingerprint density at radius 2 is 1.90 bits per heavy atom. The average molecular weight is 449 g/mol. The number of sulfone groups is 1. The van der Waals surface area contributed by atoms with Gasteiger partial charge in [0.05, 0.1) is 17.1 Å². The molecule has 2 N–H and O–H groups in total. The minimum absolute atomic E-state index is 0.0301. The predicted molar refractivity (Wildman–Crippen MR) is 116 cm³/mol. The van der Waals surface area contributed by atoms with Crippen molar-refractivity contribution in [2.24, 2.45) is 0 Å². The maximum Gasteiger partial charge on any atom is 0.262 e. The van der Waals surface area contributed by atoms with Crippen LogP contribution in [-0.2, 0) is 27.5 Å². The first-order chi connectivity index (χ1) is 14.4. The van der Waals surface area contributed by atoms with Crippen LogP contribution in [0.5, 0.6) is 5.75 Å². The zero-order valence-electron chi connectivity index (χ0n) is 16.5. The van der Waals surface area contributed by atoms with E-state index in [1.807, 2.05) is 18.2 Å². The van der Waals surface area contributed by atoms with Gasteiger partial charge < -0.3 is 15.4 Å². The lowest BCUT2D eigenvalue weighted by atomic mass is 9.95. The lowest BCUT2D eigenvalue weighted by Gasteiger charge is -2.15. The third kappa shape index (κ3) is 4.84. The highest BCUT2D eigenvalue weighted by Crippen LogP contribution is 2.38. The first-order valence-corrected chi connectivity index (χ1v) is 12.7. The van der Waals surface area contributed by atoms with Gasteiger partial charge in [-0.1, -0.05) is 18.2 Å². The fourth-order valence-corrected chi connectivity index (χ4v) is 6.87. The van der Waals surface area contributed by atoms with E-state index in [9.17, 15) is 18.0 Å². The van der Waals surface area contributed by atoms with Gasteiger partial charge in [0.2, 0.25) is 0 Å². The van der Waals surface area contributed by atoms with Gasteiger partial charge in [-0.3, -0.25) is 9.59 Å². The summed E-state index contributed by atoms with van der Waals surface area (Å²) in [6, 6.07) is 8.67. The number of carbonyl (C=O) groups excluding carboxylic acids is 2. The van der Waals surface area contributed by atoms with E-state index < -0.39 is 9.84 Å². The van der Waals surface area contributed by atoms with Crippen LogP contribution in [0.25, 0.3) is 0 Å². The number of amides is 2. The van der Waals surface area contributed by atoms with E-state index in [0.717, 1.165) is 36.1 Å². The van der Waals surface area contributed by atoms with Crippen LogP contribution in [0.4, 0.5) is 5.00 Å². The van der Waals surface area contributed by atoms with Crippen molar-refractivity contribution in [3.8, 4) is 5.75 Å². The second-order valence-electron chi connectivity index (χ2n) is 7.64. The SMILES string of the molecule is O=C(COc1ccccc1)Nc1sc2c(c1C(=O)N[C@H]1CCS(=O)(=O)C1)CCCC2. The van der Waals surface area contributed by atoms with Crippen molar-refractivity contribution in [3.05, 3.63) is 46.3 Å². The number of ether oxygens (including phenoxy) is 1. The number of para-hydroxylation sites is 1. The second kappa shape index (κ2) is 8.77. The van der Waals surface area contributed by atoms with Crippen LogP contribution in [-0.4, -0.2) is 44.4 Å². The molecule has 0 saturated carbocycles. The number of hydrogen-bond acceptors (Lipinski definition) is 6. The largest absolute Gasteiger partial charge is 0.484 e. The number of rotatable bonds is 6. The second-order valence-corrected chi connectivity index (χ2v) is 11.0. The van der Waals surface area contributed by atoms with Gasteiger partial charge in [0.15, 0.2) is 16.4 Å². The highest BCUT2D eigenvalue weighted by molar-refractivity contribution is 7.91. The predicted octanol–water partition coefficient (Wildman–Crippen LogP) is 2.56. The third-order valence-corrected chi connectivity index (χ3v) is 8.31. The molecule has 0 spiro atoms. The van der Waals surface area contributed by atoms with Crippen molar-refractivity contribution >= 4 is 38.0 Å². The Labute approximate surface area is 179 Å². The summed E-state index contributed by atoms with van der Waals surface area (Å²) in [7, 11) is -3.09. The van der Waals surface area contributed by atoms with Crippen LogP contribution in [0.3, 0.4) is 0 Å². The first kappa shape index (κ1) is 20.9. The fourth-order valence-electron chi connectivity index (χ4n) is 3.89. The maximum atomic E-state index is 13.0. The number of fused-ring (bicyclic) bond motifs is 1. The summed E-state index contributed by atoms with van der Waals surface area (Å²) >= 11 is 1.43. The highest BCUT2D eigenvalue weighted by atomic mass is 32.2. The Morgan fingerprint density at radius 3 is 2.63 bits per heavy atom. The van der Waals surface area contributed by atoms with Crippen LogP contribution >= 0.6 is 11.3 Å². The normalized spacial score (nSPS) is 19.7. The van der Waals surface area contributed by atoms with Gasteiger partial charge >= 0.3 is 0 Å². The molecule has 30 heavy (non-hydrogen) atoms. The van der Waals surface area contributed by atoms with Crippen molar-refractivity contribution in [1.82, 2.24) is 5.32 Å². The van der Waals surface area contributed by atoms with Gasteiger partial charge in [0, 0.05) is 10.9 Å². The third-order valence-electron chi connectivity index (χ3n) is 5.33. The molecule has 1 fully saturated rings. The lowest BCUT2D eigenvalue weighted by molar-refractivity contribution is -0.118. The molecule has 9 heteroatoms. The first-order valence-electron chi connectivity index (χ1n) is 10.0. The zero-order chi connectivity index (χ0) is 21.1. The van der Waals surface area contributed by atoms with Gasteiger partial charge in [-0.25, -0.2) is 8.42 Å². The smallest absolute Gasteiger partial charge is 0.262 e. The summed E-state index contributed by atoms with van der Waals surface area (Å²) in [5.41, 5.74) is 1.45. The zero-order valence-corrected chi connectivity index (χ0v) is 18.1. The Bertz CT molecular complexity index is 1050. The number of carbonyl (C=O) groups is 2. The molecule has 1 aromatic carbocycles. The Kier molecular flexibility index (Phi) is 6.10. The molecule has 0 radical (unpaired) electrons.